The summed E-state index contributed by atoms with van der Waals surface area (Å²) in [7, 11) is 0. The van der Waals surface area contributed by atoms with Crippen LogP contribution in [0.2, 0.25) is 0 Å². The number of nitrogens with one attached hydrogen (secondary N) is 1. The molecule has 25 heavy (non-hydrogen) atoms. The van der Waals surface area contributed by atoms with Crippen molar-refractivity contribution in [3.05, 3.63) is 35.9 Å². The Balaban J connectivity index is 2.18. The highest BCUT2D eigenvalue weighted by Crippen LogP contribution is 2.31. The lowest BCUT2D eigenvalue weighted by molar-refractivity contribution is -0.151. The summed E-state index contributed by atoms with van der Waals surface area (Å²) in [6.07, 6.45) is -0.967. The van der Waals surface area contributed by atoms with Gasteiger partial charge in [-0.3, -0.25) is 0 Å². The van der Waals surface area contributed by atoms with Crippen LogP contribution in [0.3, 0.4) is 0 Å². The third-order valence-corrected chi connectivity index (χ3v) is 3.80. The van der Waals surface area contributed by atoms with Crippen LogP contribution in [0.5, 0.6) is 0 Å². The van der Waals surface area contributed by atoms with Crippen LogP contribution in [0.25, 0.3) is 0 Å². The maximum absolute atomic E-state index is 12.3. The number of benzene rings is 1. The molecule has 0 bridgehead atoms. The number of amides is 1. The predicted octanol–water partition coefficient (Wildman–Crippen LogP) is 2.63. The van der Waals surface area contributed by atoms with E-state index >= 15 is 0 Å². The van der Waals surface area contributed by atoms with Gasteiger partial charge in [0.15, 0.2) is 5.79 Å². The molecule has 2 N–H and O–H groups in total. The number of rotatable bonds is 5. The van der Waals surface area contributed by atoms with E-state index in [2.05, 4.69) is 5.32 Å². The fourth-order valence-electron chi connectivity index (χ4n) is 2.92. The van der Waals surface area contributed by atoms with Crippen LogP contribution in [-0.4, -0.2) is 47.4 Å². The van der Waals surface area contributed by atoms with Gasteiger partial charge < -0.3 is 24.6 Å². The molecule has 0 spiro atoms. The molecule has 0 aromatic heterocycles. The Kier molecular flexibility index (Phi) is 6.08. The number of hydrogen-bond donors (Lipinski definition) is 2. The SMILES string of the molecule is CC(C)(C)OC(=O)N[C@H](Cc1ccccc1)[C@@H]1OC(C)(C)O[C@H]1CO. The maximum Gasteiger partial charge on any atom is 0.407 e. The van der Waals surface area contributed by atoms with E-state index < -0.39 is 35.7 Å². The molecule has 140 valence electrons. The average Bonchev–Trinajstić information content (AvgIpc) is 2.81. The van der Waals surface area contributed by atoms with Crippen molar-refractivity contribution in [1.29, 1.82) is 0 Å². The second-order valence-electron chi connectivity index (χ2n) is 7.76. The summed E-state index contributed by atoms with van der Waals surface area (Å²) < 4.78 is 17.1. The van der Waals surface area contributed by atoms with Gasteiger partial charge in [0.05, 0.1) is 12.6 Å². The van der Waals surface area contributed by atoms with Crippen molar-refractivity contribution < 1.29 is 24.1 Å². The van der Waals surface area contributed by atoms with Gasteiger partial charge in [0, 0.05) is 0 Å². The van der Waals surface area contributed by atoms with Gasteiger partial charge in [0.1, 0.15) is 17.8 Å². The fourth-order valence-corrected chi connectivity index (χ4v) is 2.92. The number of aliphatic hydroxyl groups is 1. The van der Waals surface area contributed by atoms with E-state index in [1.807, 2.05) is 51.1 Å². The van der Waals surface area contributed by atoms with E-state index in [1.54, 1.807) is 13.8 Å². The monoisotopic (exact) mass is 351 g/mol. The second kappa shape index (κ2) is 7.72. The zero-order valence-electron chi connectivity index (χ0n) is 15.6. The van der Waals surface area contributed by atoms with E-state index in [0.717, 1.165) is 5.56 Å². The van der Waals surface area contributed by atoms with Crippen molar-refractivity contribution in [2.24, 2.45) is 0 Å². The van der Waals surface area contributed by atoms with Gasteiger partial charge in [-0.05, 0) is 46.6 Å². The molecule has 1 aromatic carbocycles. The molecule has 0 aliphatic carbocycles. The molecule has 1 fully saturated rings. The quantitative estimate of drug-likeness (QED) is 0.853. The molecule has 0 saturated carbocycles. The molecule has 1 amide bonds. The van der Waals surface area contributed by atoms with Crippen LogP contribution in [-0.2, 0) is 20.6 Å². The largest absolute Gasteiger partial charge is 0.444 e. The van der Waals surface area contributed by atoms with E-state index in [9.17, 15) is 9.90 Å². The third kappa shape index (κ3) is 5.99. The summed E-state index contributed by atoms with van der Waals surface area (Å²) in [5.74, 6) is -0.817. The van der Waals surface area contributed by atoms with Crippen molar-refractivity contribution in [1.82, 2.24) is 5.32 Å². The summed E-state index contributed by atoms with van der Waals surface area (Å²) in [5, 5.41) is 12.5. The minimum atomic E-state index is -0.817. The van der Waals surface area contributed by atoms with Crippen molar-refractivity contribution in [2.75, 3.05) is 6.61 Å². The summed E-state index contributed by atoms with van der Waals surface area (Å²) in [4.78, 5) is 12.3. The molecule has 1 aliphatic rings. The average molecular weight is 351 g/mol. The number of aliphatic hydroxyl groups excluding tert-OH is 1. The smallest absolute Gasteiger partial charge is 0.407 e. The number of carbonyl (C=O) groups is 1. The van der Waals surface area contributed by atoms with Crippen LogP contribution >= 0.6 is 0 Å². The lowest BCUT2D eigenvalue weighted by Gasteiger charge is -2.29. The first kappa shape index (κ1) is 19.7. The Hall–Kier alpha value is -1.63. The van der Waals surface area contributed by atoms with E-state index in [0.29, 0.717) is 6.42 Å². The zero-order valence-corrected chi connectivity index (χ0v) is 15.6. The summed E-state index contributed by atoms with van der Waals surface area (Å²) in [5.41, 5.74) is 0.456. The molecule has 3 atom stereocenters. The van der Waals surface area contributed by atoms with Gasteiger partial charge in [0.25, 0.3) is 0 Å². The van der Waals surface area contributed by atoms with Crippen molar-refractivity contribution in [3.63, 3.8) is 0 Å². The Morgan fingerprint density at radius 3 is 2.48 bits per heavy atom. The van der Waals surface area contributed by atoms with Crippen molar-refractivity contribution in [3.8, 4) is 0 Å². The summed E-state index contributed by atoms with van der Waals surface area (Å²) >= 11 is 0. The summed E-state index contributed by atoms with van der Waals surface area (Å²) in [6, 6.07) is 9.40. The Morgan fingerprint density at radius 2 is 1.92 bits per heavy atom. The van der Waals surface area contributed by atoms with Gasteiger partial charge in [-0.25, -0.2) is 4.79 Å². The summed E-state index contributed by atoms with van der Waals surface area (Å²) in [6.45, 7) is 8.84. The first-order valence-corrected chi connectivity index (χ1v) is 8.59. The van der Waals surface area contributed by atoms with Crippen LogP contribution in [0.1, 0.15) is 40.2 Å². The highest BCUT2D eigenvalue weighted by molar-refractivity contribution is 5.68. The predicted molar refractivity (Wildman–Crippen MR) is 94.2 cm³/mol. The standard InChI is InChI=1S/C19H29NO5/c1-18(2,3)25-17(22)20-14(11-13-9-7-6-8-10-13)16-15(12-21)23-19(4,5)24-16/h6-10,14-16,21H,11-12H2,1-5H3,(H,20,22)/t14-,15+,16+/m1/s1. The first-order valence-electron chi connectivity index (χ1n) is 8.59. The van der Waals surface area contributed by atoms with Gasteiger partial charge in [-0.15, -0.1) is 0 Å². The van der Waals surface area contributed by atoms with Gasteiger partial charge in [-0.2, -0.15) is 0 Å². The minimum absolute atomic E-state index is 0.185. The second-order valence-corrected chi connectivity index (χ2v) is 7.76. The molecular weight excluding hydrogens is 322 g/mol. The van der Waals surface area contributed by atoms with Crippen LogP contribution in [0, 0.1) is 0 Å². The van der Waals surface area contributed by atoms with Crippen LogP contribution in [0.15, 0.2) is 30.3 Å². The first-order chi connectivity index (χ1) is 11.6. The highest BCUT2D eigenvalue weighted by Gasteiger charge is 2.45. The Morgan fingerprint density at radius 1 is 1.28 bits per heavy atom. The fraction of sp³-hybridized carbons (Fsp3) is 0.632. The zero-order chi connectivity index (χ0) is 18.7. The maximum atomic E-state index is 12.3. The molecule has 6 heteroatoms. The molecular formula is C19H29NO5. The number of hydrogen-bond acceptors (Lipinski definition) is 5. The lowest BCUT2D eigenvalue weighted by Crippen LogP contribution is -2.51. The minimum Gasteiger partial charge on any atom is -0.444 e. The van der Waals surface area contributed by atoms with Crippen molar-refractivity contribution >= 4 is 6.09 Å². The molecule has 1 heterocycles. The Bertz CT molecular complexity index is 567. The molecule has 6 nitrogen and oxygen atoms in total. The van der Waals surface area contributed by atoms with E-state index in [4.69, 9.17) is 14.2 Å². The Labute approximate surface area is 149 Å². The molecule has 1 aromatic rings. The number of alkyl carbamates (subject to hydrolysis) is 1. The molecule has 0 radical (unpaired) electrons. The van der Waals surface area contributed by atoms with Gasteiger partial charge >= 0.3 is 6.09 Å². The van der Waals surface area contributed by atoms with E-state index in [-0.39, 0.29) is 6.61 Å². The normalized spacial score (nSPS) is 23.9. The molecule has 2 rings (SSSR count). The lowest BCUT2D eigenvalue weighted by atomic mass is 9.98. The number of ether oxygens (including phenoxy) is 3. The van der Waals surface area contributed by atoms with E-state index in [1.165, 1.54) is 0 Å². The molecule has 1 aliphatic heterocycles. The van der Waals surface area contributed by atoms with Gasteiger partial charge in [-0.1, -0.05) is 30.3 Å². The van der Waals surface area contributed by atoms with Crippen LogP contribution in [0.4, 0.5) is 4.79 Å². The third-order valence-electron chi connectivity index (χ3n) is 3.80. The topological polar surface area (TPSA) is 77.0 Å². The highest BCUT2D eigenvalue weighted by atomic mass is 16.8. The van der Waals surface area contributed by atoms with Gasteiger partial charge in [0.2, 0.25) is 0 Å². The van der Waals surface area contributed by atoms with Crippen LogP contribution < -0.4 is 5.32 Å². The molecule has 1 saturated heterocycles. The number of carbonyl (C=O) groups excluding carboxylic acids is 1. The van der Waals surface area contributed by atoms with Crippen molar-refractivity contribution in [2.45, 2.75) is 70.7 Å². The molecule has 0 unspecified atom stereocenters.